The zero-order valence-electron chi connectivity index (χ0n) is 23.1. The highest BCUT2D eigenvalue weighted by Gasteiger charge is 2.32. The predicted molar refractivity (Wildman–Crippen MR) is 151 cm³/mol. The van der Waals surface area contributed by atoms with Gasteiger partial charge in [0.1, 0.15) is 5.75 Å². The van der Waals surface area contributed by atoms with Crippen molar-refractivity contribution in [1.82, 2.24) is 10.0 Å². The Balaban J connectivity index is 1.68. The molecule has 0 aromatic heterocycles. The zero-order valence-corrected chi connectivity index (χ0v) is 23.9. The van der Waals surface area contributed by atoms with Crippen molar-refractivity contribution in [1.29, 1.82) is 0 Å². The average molecular weight is 544 g/mol. The van der Waals surface area contributed by atoms with E-state index in [1.807, 2.05) is 10.8 Å². The Morgan fingerprint density at radius 3 is 2.24 bits per heavy atom. The molecule has 1 aliphatic rings. The van der Waals surface area contributed by atoms with Crippen molar-refractivity contribution in [2.45, 2.75) is 71.4 Å². The molecule has 2 N–H and O–H groups in total. The van der Waals surface area contributed by atoms with Crippen LogP contribution in [0, 0.1) is 5.92 Å². The van der Waals surface area contributed by atoms with E-state index in [1.54, 1.807) is 24.3 Å². The minimum atomic E-state index is -3.69. The molecule has 0 spiro atoms. The first-order valence-corrected chi connectivity index (χ1v) is 15.2. The lowest BCUT2D eigenvalue weighted by atomic mass is 9.94. The number of piperidine rings is 1. The van der Waals surface area contributed by atoms with Crippen LogP contribution in [0.4, 0.5) is 5.69 Å². The highest BCUT2D eigenvalue weighted by Crippen LogP contribution is 2.32. The first kappa shape index (κ1) is 29.5. The number of benzene rings is 2. The highest BCUT2D eigenvalue weighted by atomic mass is 32.2. The second-order valence-corrected chi connectivity index (χ2v) is 12.7. The minimum absolute atomic E-state index is 0.0642. The molecule has 1 unspecified atom stereocenters. The molecule has 8 nitrogen and oxygen atoms in total. The Bertz CT molecular complexity index is 1200. The lowest BCUT2D eigenvalue weighted by Gasteiger charge is -2.33. The smallest absolute Gasteiger partial charge is 0.277 e. The van der Waals surface area contributed by atoms with Crippen molar-refractivity contribution >= 4 is 27.5 Å². The molecule has 0 radical (unpaired) electrons. The van der Waals surface area contributed by atoms with Gasteiger partial charge in [0.25, 0.3) is 5.91 Å². The molecule has 1 saturated heterocycles. The molecular weight excluding hydrogens is 502 g/mol. The van der Waals surface area contributed by atoms with Gasteiger partial charge in [0, 0.05) is 18.8 Å². The molecular formula is C29H41N3O5S. The number of carbonyl (C=O) groups excluding carboxylic acids is 2. The molecule has 9 heteroatoms. The molecule has 2 aromatic carbocycles. The number of para-hydroxylation sites is 1. The van der Waals surface area contributed by atoms with Crippen LogP contribution in [0.1, 0.15) is 70.5 Å². The van der Waals surface area contributed by atoms with Crippen LogP contribution in [-0.2, 0) is 26.0 Å². The van der Waals surface area contributed by atoms with Crippen molar-refractivity contribution in [3.8, 4) is 5.75 Å². The quantitative estimate of drug-likeness (QED) is 0.437. The Kier molecular flexibility index (Phi) is 9.82. The summed E-state index contributed by atoms with van der Waals surface area (Å²) in [6.45, 7) is 9.40. The van der Waals surface area contributed by atoms with Gasteiger partial charge in [0.05, 0.1) is 18.7 Å². The summed E-state index contributed by atoms with van der Waals surface area (Å²) < 4.78 is 30.4. The molecule has 3 rings (SSSR count). The van der Waals surface area contributed by atoms with E-state index < -0.39 is 21.5 Å². The van der Waals surface area contributed by atoms with Gasteiger partial charge in [0.2, 0.25) is 15.9 Å². The number of hydrogen-bond acceptors (Lipinski definition) is 6. The largest absolute Gasteiger partial charge is 0.478 e. The zero-order chi connectivity index (χ0) is 27.9. The lowest BCUT2D eigenvalue weighted by molar-refractivity contribution is -0.132. The molecule has 2 amide bonds. The van der Waals surface area contributed by atoms with E-state index in [0.717, 1.165) is 36.9 Å². The topological polar surface area (TPSA) is 105 Å². The second-order valence-electron chi connectivity index (χ2n) is 11.0. The first-order valence-electron chi connectivity index (χ1n) is 13.3. The fourth-order valence-corrected chi connectivity index (χ4v) is 5.26. The first-order chi connectivity index (χ1) is 17.8. The van der Waals surface area contributed by atoms with E-state index in [1.165, 1.54) is 38.8 Å². The van der Waals surface area contributed by atoms with Gasteiger partial charge in [-0.2, -0.15) is 0 Å². The van der Waals surface area contributed by atoms with E-state index in [4.69, 9.17) is 4.74 Å². The maximum Gasteiger partial charge on any atom is 0.277 e. The van der Waals surface area contributed by atoms with Crippen LogP contribution < -0.4 is 19.7 Å². The molecule has 38 heavy (non-hydrogen) atoms. The third kappa shape index (κ3) is 8.75. The van der Waals surface area contributed by atoms with Gasteiger partial charge in [-0.05, 0) is 74.8 Å². The number of nitrogens with one attached hydrogen (secondary N) is 2. The van der Waals surface area contributed by atoms with Crippen LogP contribution in [-0.4, -0.2) is 45.2 Å². The summed E-state index contributed by atoms with van der Waals surface area (Å²) in [7, 11) is -3.69. The van der Waals surface area contributed by atoms with E-state index in [9.17, 15) is 18.0 Å². The fraction of sp³-hybridized carbons (Fsp3) is 0.517. The Morgan fingerprint density at radius 2 is 1.63 bits per heavy atom. The maximum atomic E-state index is 13.1. The molecule has 2 aromatic rings. The fourth-order valence-electron chi connectivity index (χ4n) is 4.68. The van der Waals surface area contributed by atoms with Crippen LogP contribution >= 0.6 is 0 Å². The van der Waals surface area contributed by atoms with Crippen LogP contribution in [0.15, 0.2) is 48.5 Å². The van der Waals surface area contributed by atoms with Crippen molar-refractivity contribution in [3.63, 3.8) is 0 Å². The Hall–Kier alpha value is -3.07. The van der Waals surface area contributed by atoms with Crippen molar-refractivity contribution in [2.24, 2.45) is 5.92 Å². The number of hydrogen-bond donors (Lipinski definition) is 2. The minimum Gasteiger partial charge on any atom is -0.478 e. The highest BCUT2D eigenvalue weighted by molar-refractivity contribution is 7.89. The molecule has 0 saturated carbocycles. The summed E-state index contributed by atoms with van der Waals surface area (Å²) in [6.07, 6.45) is 5.61. The van der Waals surface area contributed by atoms with Crippen LogP contribution in [0.3, 0.4) is 0 Å². The van der Waals surface area contributed by atoms with Crippen molar-refractivity contribution in [3.05, 3.63) is 59.7 Å². The van der Waals surface area contributed by atoms with Crippen molar-refractivity contribution < 1.29 is 22.7 Å². The number of nitrogens with zero attached hydrogens (tertiary/aromatic N) is 1. The van der Waals surface area contributed by atoms with E-state index in [-0.39, 0.29) is 18.4 Å². The number of amides is 2. The summed E-state index contributed by atoms with van der Waals surface area (Å²) in [4.78, 5) is 27.8. The van der Waals surface area contributed by atoms with Crippen LogP contribution in [0.25, 0.3) is 0 Å². The third-order valence-corrected chi connectivity index (χ3v) is 7.09. The van der Waals surface area contributed by atoms with Gasteiger partial charge in [-0.15, -0.1) is 0 Å². The summed E-state index contributed by atoms with van der Waals surface area (Å²) in [6, 6.07) is 15.2. The van der Waals surface area contributed by atoms with Gasteiger partial charge in [-0.25, -0.2) is 13.1 Å². The van der Waals surface area contributed by atoms with Gasteiger partial charge in [-0.1, -0.05) is 44.2 Å². The van der Waals surface area contributed by atoms with E-state index >= 15 is 0 Å². The number of ether oxygens (including phenoxy) is 1. The van der Waals surface area contributed by atoms with Crippen molar-refractivity contribution in [2.75, 3.05) is 24.2 Å². The Labute approximate surface area is 227 Å². The normalized spacial score (nSPS) is 15.2. The standard InChI is InChI=1S/C29H41N3O5S/c1-21(2)19-25(24-11-7-8-12-26(24)32-17-9-6-10-18-32)30-27(33)20-22-13-15-23(16-14-22)37-29(3,4)28(34)31-38(5,35)36/h7-8,11-16,21,25H,6,9-10,17-20H2,1-5H3,(H,30,33)(H,31,34). The third-order valence-electron chi connectivity index (χ3n) is 6.54. The number of anilines is 1. The Morgan fingerprint density at radius 1 is 1.00 bits per heavy atom. The molecule has 1 aliphatic heterocycles. The van der Waals surface area contributed by atoms with Crippen LogP contribution in [0.2, 0.25) is 0 Å². The van der Waals surface area contributed by atoms with Gasteiger partial charge in [-0.3, -0.25) is 9.59 Å². The summed E-state index contributed by atoms with van der Waals surface area (Å²) >= 11 is 0. The maximum absolute atomic E-state index is 13.1. The SMILES string of the molecule is CC(C)CC(NC(=O)Cc1ccc(OC(C)(C)C(=O)NS(C)(=O)=O)cc1)c1ccccc1N1CCCCC1. The number of carbonyl (C=O) groups is 2. The lowest BCUT2D eigenvalue weighted by Crippen LogP contribution is -2.48. The molecule has 1 heterocycles. The van der Waals surface area contributed by atoms with Gasteiger partial charge >= 0.3 is 0 Å². The molecule has 0 aliphatic carbocycles. The molecule has 208 valence electrons. The van der Waals surface area contributed by atoms with E-state index in [2.05, 4.69) is 42.3 Å². The molecule has 1 atom stereocenters. The van der Waals surface area contributed by atoms with Gasteiger partial charge in [0.15, 0.2) is 5.60 Å². The summed E-state index contributed by atoms with van der Waals surface area (Å²) in [5, 5.41) is 3.28. The van der Waals surface area contributed by atoms with Gasteiger partial charge < -0.3 is 15.0 Å². The average Bonchev–Trinajstić information content (AvgIpc) is 2.84. The second kappa shape index (κ2) is 12.7. The summed E-state index contributed by atoms with van der Waals surface area (Å²) in [5.41, 5.74) is 1.78. The molecule has 0 bridgehead atoms. The predicted octanol–water partition coefficient (Wildman–Crippen LogP) is 4.36. The van der Waals surface area contributed by atoms with Crippen LogP contribution in [0.5, 0.6) is 5.75 Å². The monoisotopic (exact) mass is 543 g/mol. The van der Waals surface area contributed by atoms with E-state index in [0.29, 0.717) is 11.7 Å². The molecule has 1 fully saturated rings. The summed E-state index contributed by atoms with van der Waals surface area (Å²) in [5.74, 6) is -0.0135. The number of sulfonamides is 1. The number of rotatable bonds is 11.